The molecule has 1 aliphatic rings. The Kier molecular flexibility index (Phi) is 5.25. The van der Waals surface area contributed by atoms with Crippen molar-refractivity contribution in [1.82, 2.24) is 15.1 Å². The molecule has 0 aliphatic carbocycles. The van der Waals surface area contributed by atoms with Gasteiger partial charge in [-0.1, -0.05) is 17.7 Å². The summed E-state index contributed by atoms with van der Waals surface area (Å²) in [5.41, 5.74) is 4.03. The fraction of sp³-hybridized carbons (Fsp3) is 0.286. The van der Waals surface area contributed by atoms with Crippen LogP contribution in [-0.2, 0) is 16.1 Å². The number of rotatable bonds is 6. The molecule has 0 spiro atoms. The van der Waals surface area contributed by atoms with Crippen LogP contribution in [-0.4, -0.2) is 34.7 Å². The maximum absolute atomic E-state index is 12.5. The molecule has 0 bridgehead atoms. The summed E-state index contributed by atoms with van der Waals surface area (Å²) in [6.07, 6.45) is 2.17. The van der Waals surface area contributed by atoms with Gasteiger partial charge in [0.05, 0.1) is 18.2 Å². The molecule has 0 saturated carbocycles. The summed E-state index contributed by atoms with van der Waals surface area (Å²) in [7, 11) is 0. The van der Waals surface area contributed by atoms with E-state index in [1.54, 1.807) is 16.2 Å². The summed E-state index contributed by atoms with van der Waals surface area (Å²) in [6.45, 7) is 3.52. The number of thiophene rings is 1. The van der Waals surface area contributed by atoms with E-state index in [1.807, 2.05) is 59.6 Å². The van der Waals surface area contributed by atoms with E-state index in [9.17, 15) is 9.59 Å². The molecule has 6 nitrogen and oxygen atoms in total. The molecule has 1 N–H and O–H groups in total. The SMILES string of the molecule is Cc1ccc(N2CC(C(=O)NCCn3ccc(-c4ccsc4)n3)CC2=O)cc1. The molecule has 28 heavy (non-hydrogen) atoms. The molecule has 2 aromatic heterocycles. The van der Waals surface area contributed by atoms with Gasteiger partial charge in [0.2, 0.25) is 11.8 Å². The molecule has 1 aliphatic heterocycles. The number of nitrogens with zero attached hydrogens (tertiary/aromatic N) is 3. The molecule has 2 amide bonds. The first-order valence-corrected chi connectivity index (χ1v) is 10.3. The highest BCUT2D eigenvalue weighted by Gasteiger charge is 2.34. The van der Waals surface area contributed by atoms with Crippen LogP contribution in [0.5, 0.6) is 0 Å². The number of nitrogens with one attached hydrogen (secondary N) is 1. The molecular formula is C21H22N4O2S. The van der Waals surface area contributed by atoms with E-state index in [0.717, 1.165) is 22.5 Å². The van der Waals surface area contributed by atoms with Crippen LogP contribution < -0.4 is 10.2 Å². The number of benzene rings is 1. The Morgan fingerprint density at radius 2 is 2.07 bits per heavy atom. The van der Waals surface area contributed by atoms with Gasteiger partial charge in [-0.15, -0.1) is 0 Å². The van der Waals surface area contributed by atoms with Gasteiger partial charge in [-0.05, 0) is 36.6 Å². The second kappa shape index (κ2) is 7.98. The molecule has 3 heterocycles. The predicted octanol–water partition coefficient (Wildman–Crippen LogP) is 3.09. The number of aryl methyl sites for hydroxylation is 1. The minimum absolute atomic E-state index is 0.00326. The molecule has 7 heteroatoms. The zero-order chi connectivity index (χ0) is 19.5. The Bertz CT molecular complexity index is 963. The number of carbonyl (C=O) groups excluding carboxylic acids is 2. The second-order valence-corrected chi connectivity index (χ2v) is 7.79. The summed E-state index contributed by atoms with van der Waals surface area (Å²) in [6, 6.07) is 11.8. The van der Waals surface area contributed by atoms with Crippen LogP contribution in [0.2, 0.25) is 0 Å². The highest BCUT2D eigenvalue weighted by molar-refractivity contribution is 7.08. The van der Waals surface area contributed by atoms with Gasteiger partial charge in [0, 0.05) is 42.3 Å². The molecule has 1 saturated heterocycles. The van der Waals surface area contributed by atoms with Crippen molar-refractivity contribution in [3.8, 4) is 11.3 Å². The number of anilines is 1. The van der Waals surface area contributed by atoms with Gasteiger partial charge in [-0.3, -0.25) is 14.3 Å². The van der Waals surface area contributed by atoms with Gasteiger partial charge >= 0.3 is 0 Å². The van der Waals surface area contributed by atoms with E-state index < -0.39 is 0 Å². The Balaban J connectivity index is 1.28. The Hall–Kier alpha value is -2.93. The predicted molar refractivity (Wildman–Crippen MR) is 110 cm³/mol. The van der Waals surface area contributed by atoms with Crippen LogP contribution in [0, 0.1) is 12.8 Å². The Morgan fingerprint density at radius 3 is 2.82 bits per heavy atom. The monoisotopic (exact) mass is 394 g/mol. The second-order valence-electron chi connectivity index (χ2n) is 7.01. The Labute approximate surface area is 167 Å². The summed E-state index contributed by atoms with van der Waals surface area (Å²) in [5.74, 6) is -0.391. The number of hydrogen-bond donors (Lipinski definition) is 1. The maximum Gasteiger partial charge on any atom is 0.227 e. The summed E-state index contributed by atoms with van der Waals surface area (Å²) < 4.78 is 1.83. The standard InChI is InChI=1S/C21H22N4O2S/c1-15-2-4-18(5-3-15)25-13-17(12-20(25)26)21(27)22-8-10-24-9-6-19(23-24)16-7-11-28-14-16/h2-7,9,11,14,17H,8,10,12-13H2,1H3,(H,22,27). The Morgan fingerprint density at radius 1 is 1.25 bits per heavy atom. The number of hydrogen-bond acceptors (Lipinski definition) is 4. The van der Waals surface area contributed by atoms with Crippen LogP contribution in [0.3, 0.4) is 0 Å². The average molecular weight is 395 g/mol. The third kappa shape index (κ3) is 3.99. The minimum Gasteiger partial charge on any atom is -0.354 e. The molecule has 144 valence electrons. The van der Waals surface area contributed by atoms with Gasteiger partial charge < -0.3 is 10.2 Å². The summed E-state index contributed by atoms with van der Waals surface area (Å²) in [5, 5.41) is 11.6. The lowest BCUT2D eigenvalue weighted by atomic mass is 10.1. The van der Waals surface area contributed by atoms with Gasteiger partial charge in [-0.25, -0.2) is 0 Å². The van der Waals surface area contributed by atoms with Crippen LogP contribution in [0.15, 0.2) is 53.4 Å². The molecule has 1 atom stereocenters. The third-order valence-electron chi connectivity index (χ3n) is 4.94. The molecule has 1 unspecified atom stereocenters. The van der Waals surface area contributed by atoms with Gasteiger partial charge in [0.1, 0.15) is 0 Å². The van der Waals surface area contributed by atoms with Crippen LogP contribution >= 0.6 is 11.3 Å². The van der Waals surface area contributed by atoms with Crippen molar-refractivity contribution in [2.24, 2.45) is 5.92 Å². The fourth-order valence-electron chi connectivity index (χ4n) is 3.35. The first-order chi connectivity index (χ1) is 13.6. The fourth-order valence-corrected chi connectivity index (χ4v) is 4.00. The van der Waals surface area contributed by atoms with Gasteiger partial charge in [0.15, 0.2) is 0 Å². The average Bonchev–Trinajstić information content (AvgIpc) is 3.43. The minimum atomic E-state index is -0.312. The molecule has 3 aromatic rings. The molecule has 1 aromatic carbocycles. The summed E-state index contributed by atoms with van der Waals surface area (Å²) >= 11 is 1.64. The normalized spacial score (nSPS) is 16.5. The number of amides is 2. The molecular weight excluding hydrogens is 372 g/mol. The lowest BCUT2D eigenvalue weighted by Gasteiger charge is -2.17. The number of aromatic nitrogens is 2. The highest BCUT2D eigenvalue weighted by atomic mass is 32.1. The van der Waals surface area contributed by atoms with Crippen molar-refractivity contribution in [2.45, 2.75) is 19.9 Å². The van der Waals surface area contributed by atoms with E-state index in [2.05, 4.69) is 15.8 Å². The van der Waals surface area contributed by atoms with E-state index in [4.69, 9.17) is 0 Å². The third-order valence-corrected chi connectivity index (χ3v) is 5.62. The number of carbonyl (C=O) groups is 2. The van der Waals surface area contributed by atoms with Crippen molar-refractivity contribution in [3.63, 3.8) is 0 Å². The van der Waals surface area contributed by atoms with Gasteiger partial charge in [0.25, 0.3) is 0 Å². The summed E-state index contributed by atoms with van der Waals surface area (Å²) in [4.78, 5) is 26.5. The topological polar surface area (TPSA) is 67.2 Å². The molecule has 0 radical (unpaired) electrons. The van der Waals surface area contributed by atoms with Crippen molar-refractivity contribution in [2.75, 3.05) is 18.0 Å². The lowest BCUT2D eigenvalue weighted by Crippen LogP contribution is -2.34. The van der Waals surface area contributed by atoms with Crippen LogP contribution in [0.1, 0.15) is 12.0 Å². The van der Waals surface area contributed by atoms with Crippen LogP contribution in [0.25, 0.3) is 11.3 Å². The van der Waals surface area contributed by atoms with E-state index in [-0.39, 0.29) is 24.2 Å². The largest absolute Gasteiger partial charge is 0.354 e. The van der Waals surface area contributed by atoms with Gasteiger partial charge in [-0.2, -0.15) is 16.4 Å². The van der Waals surface area contributed by atoms with Crippen molar-refractivity contribution in [1.29, 1.82) is 0 Å². The molecule has 1 fully saturated rings. The van der Waals surface area contributed by atoms with Crippen molar-refractivity contribution in [3.05, 3.63) is 58.9 Å². The maximum atomic E-state index is 12.5. The van der Waals surface area contributed by atoms with Crippen molar-refractivity contribution < 1.29 is 9.59 Å². The zero-order valence-corrected chi connectivity index (χ0v) is 16.5. The molecule has 4 rings (SSSR count). The quantitative estimate of drug-likeness (QED) is 0.699. The van der Waals surface area contributed by atoms with E-state index >= 15 is 0 Å². The lowest BCUT2D eigenvalue weighted by molar-refractivity contribution is -0.126. The first-order valence-electron chi connectivity index (χ1n) is 9.31. The van der Waals surface area contributed by atoms with Crippen LogP contribution in [0.4, 0.5) is 5.69 Å². The highest BCUT2D eigenvalue weighted by Crippen LogP contribution is 2.25. The van der Waals surface area contributed by atoms with E-state index in [0.29, 0.717) is 19.6 Å². The zero-order valence-electron chi connectivity index (χ0n) is 15.7. The first kappa shape index (κ1) is 18.4. The van der Waals surface area contributed by atoms with E-state index in [1.165, 1.54) is 0 Å². The smallest absolute Gasteiger partial charge is 0.227 e. The van der Waals surface area contributed by atoms with Crippen molar-refractivity contribution >= 4 is 28.8 Å².